The third kappa shape index (κ3) is 4.96. The van der Waals surface area contributed by atoms with Crippen LogP contribution in [0.4, 0.5) is 4.79 Å². The van der Waals surface area contributed by atoms with Crippen molar-refractivity contribution in [3.8, 4) is 0 Å². The first kappa shape index (κ1) is 18.3. The standard InChI is InChI=1S/C18H25NO5/c1-17(2,3)24-16(22)19-18(15(20)21)10-9-14(11-18)23-12-13-7-5-4-6-8-13/h4-8,14H,9-12H2,1-3H3,(H,19,22)(H,20,21)/t14-,18+/m1/s1. The molecular weight excluding hydrogens is 310 g/mol. The van der Waals surface area contributed by atoms with Gasteiger partial charge in [-0.15, -0.1) is 0 Å². The van der Waals surface area contributed by atoms with Crippen LogP contribution in [-0.2, 0) is 20.9 Å². The van der Waals surface area contributed by atoms with Crippen molar-refractivity contribution >= 4 is 12.1 Å². The van der Waals surface area contributed by atoms with Crippen molar-refractivity contribution in [3.05, 3.63) is 35.9 Å². The van der Waals surface area contributed by atoms with E-state index in [9.17, 15) is 14.7 Å². The summed E-state index contributed by atoms with van der Waals surface area (Å²) in [7, 11) is 0. The molecule has 0 spiro atoms. The largest absolute Gasteiger partial charge is 0.480 e. The number of amides is 1. The van der Waals surface area contributed by atoms with Crippen LogP contribution in [0.3, 0.4) is 0 Å². The van der Waals surface area contributed by atoms with Crippen LogP contribution in [0, 0.1) is 0 Å². The van der Waals surface area contributed by atoms with Gasteiger partial charge in [-0.1, -0.05) is 30.3 Å². The van der Waals surface area contributed by atoms with E-state index in [0.717, 1.165) is 5.56 Å². The SMILES string of the molecule is CC(C)(C)OC(=O)N[C@@]1(C(=O)O)CC[C@@H](OCc2ccccc2)C1. The van der Waals surface area contributed by atoms with Gasteiger partial charge in [0.25, 0.3) is 0 Å². The predicted octanol–water partition coefficient (Wildman–Crippen LogP) is 3.10. The topological polar surface area (TPSA) is 84.9 Å². The number of rotatable bonds is 5. The normalized spacial score (nSPS) is 23.7. The van der Waals surface area contributed by atoms with Crippen molar-refractivity contribution in [3.63, 3.8) is 0 Å². The monoisotopic (exact) mass is 335 g/mol. The number of hydrogen-bond acceptors (Lipinski definition) is 4. The first-order valence-corrected chi connectivity index (χ1v) is 8.10. The molecular formula is C18H25NO5. The number of carboxylic acids is 1. The Morgan fingerprint density at radius 1 is 1.29 bits per heavy atom. The lowest BCUT2D eigenvalue weighted by molar-refractivity contribution is -0.145. The summed E-state index contributed by atoms with van der Waals surface area (Å²) in [5.41, 5.74) is -0.972. The third-order valence-corrected chi connectivity index (χ3v) is 3.95. The number of nitrogens with one attached hydrogen (secondary N) is 1. The molecule has 132 valence electrons. The Hall–Kier alpha value is -2.08. The number of alkyl carbamates (subject to hydrolysis) is 1. The summed E-state index contributed by atoms with van der Waals surface area (Å²) in [6, 6.07) is 9.70. The Bertz CT molecular complexity index is 581. The summed E-state index contributed by atoms with van der Waals surface area (Å²) >= 11 is 0. The number of carbonyl (C=O) groups excluding carboxylic acids is 1. The van der Waals surface area contributed by atoms with Crippen molar-refractivity contribution in [1.82, 2.24) is 5.32 Å². The zero-order valence-electron chi connectivity index (χ0n) is 14.4. The van der Waals surface area contributed by atoms with Gasteiger partial charge in [-0.25, -0.2) is 9.59 Å². The van der Waals surface area contributed by atoms with Crippen LogP contribution in [0.1, 0.15) is 45.6 Å². The smallest absolute Gasteiger partial charge is 0.408 e. The van der Waals surface area contributed by atoms with Gasteiger partial charge in [0.2, 0.25) is 0 Å². The van der Waals surface area contributed by atoms with Crippen LogP contribution in [0.5, 0.6) is 0 Å². The van der Waals surface area contributed by atoms with E-state index in [2.05, 4.69) is 5.32 Å². The lowest BCUT2D eigenvalue weighted by Gasteiger charge is -2.28. The summed E-state index contributed by atoms with van der Waals surface area (Å²) < 4.78 is 11.0. The number of aliphatic carboxylic acids is 1. The molecule has 0 aliphatic heterocycles. The summed E-state index contributed by atoms with van der Waals surface area (Å²) in [6.45, 7) is 5.63. The second kappa shape index (κ2) is 7.21. The van der Waals surface area contributed by atoms with Crippen molar-refractivity contribution in [2.24, 2.45) is 0 Å². The number of benzene rings is 1. The molecule has 1 fully saturated rings. The van der Waals surface area contributed by atoms with Gasteiger partial charge in [0.15, 0.2) is 0 Å². The number of ether oxygens (including phenoxy) is 2. The molecule has 6 heteroatoms. The highest BCUT2D eigenvalue weighted by atomic mass is 16.6. The molecule has 24 heavy (non-hydrogen) atoms. The minimum absolute atomic E-state index is 0.212. The molecule has 0 heterocycles. The van der Waals surface area contributed by atoms with Crippen LogP contribution in [-0.4, -0.2) is 34.4 Å². The van der Waals surface area contributed by atoms with E-state index in [4.69, 9.17) is 9.47 Å². The predicted molar refractivity (Wildman–Crippen MR) is 88.6 cm³/mol. The van der Waals surface area contributed by atoms with E-state index in [1.54, 1.807) is 20.8 Å². The van der Waals surface area contributed by atoms with Crippen molar-refractivity contribution in [2.75, 3.05) is 0 Å². The van der Waals surface area contributed by atoms with Crippen LogP contribution in [0.25, 0.3) is 0 Å². The molecule has 0 unspecified atom stereocenters. The van der Waals surface area contributed by atoms with E-state index >= 15 is 0 Å². The number of carboxylic acid groups (broad SMARTS) is 1. The fourth-order valence-corrected chi connectivity index (χ4v) is 2.79. The van der Waals surface area contributed by atoms with Gasteiger partial charge in [-0.05, 0) is 39.2 Å². The molecule has 0 aromatic heterocycles. The maximum Gasteiger partial charge on any atom is 0.408 e. The van der Waals surface area contributed by atoms with Gasteiger partial charge < -0.3 is 19.9 Å². The molecule has 0 radical (unpaired) electrons. The fourth-order valence-electron chi connectivity index (χ4n) is 2.79. The highest BCUT2D eigenvalue weighted by molar-refractivity contribution is 5.85. The molecule has 1 saturated carbocycles. The molecule has 2 N–H and O–H groups in total. The quantitative estimate of drug-likeness (QED) is 0.863. The molecule has 1 aliphatic rings. The Morgan fingerprint density at radius 2 is 1.96 bits per heavy atom. The molecule has 1 amide bonds. The molecule has 1 aliphatic carbocycles. The zero-order valence-corrected chi connectivity index (χ0v) is 14.4. The number of carbonyl (C=O) groups is 2. The highest BCUT2D eigenvalue weighted by Gasteiger charge is 2.48. The second-order valence-corrected chi connectivity index (χ2v) is 7.18. The number of hydrogen-bond donors (Lipinski definition) is 2. The molecule has 2 rings (SSSR count). The molecule has 0 saturated heterocycles. The van der Waals surface area contributed by atoms with Gasteiger partial charge in [0.1, 0.15) is 11.1 Å². The Labute approximate surface area is 142 Å². The average molecular weight is 335 g/mol. The van der Waals surface area contributed by atoms with E-state index < -0.39 is 23.2 Å². The van der Waals surface area contributed by atoms with Gasteiger partial charge in [-0.3, -0.25) is 0 Å². The van der Waals surface area contributed by atoms with Gasteiger partial charge in [0.05, 0.1) is 12.7 Å². The third-order valence-electron chi connectivity index (χ3n) is 3.95. The molecule has 1 aromatic carbocycles. The van der Waals surface area contributed by atoms with Gasteiger partial charge in [0, 0.05) is 6.42 Å². The second-order valence-electron chi connectivity index (χ2n) is 7.18. The molecule has 1 aromatic rings. The van der Waals surface area contributed by atoms with Crippen LogP contribution in [0.2, 0.25) is 0 Å². The summed E-state index contributed by atoms with van der Waals surface area (Å²) in [4.78, 5) is 23.7. The van der Waals surface area contributed by atoms with Crippen molar-refractivity contribution in [1.29, 1.82) is 0 Å². The van der Waals surface area contributed by atoms with Crippen LogP contribution in [0.15, 0.2) is 30.3 Å². The first-order valence-electron chi connectivity index (χ1n) is 8.10. The summed E-state index contributed by atoms with van der Waals surface area (Å²) in [5, 5.41) is 12.1. The first-order chi connectivity index (χ1) is 11.2. The van der Waals surface area contributed by atoms with Crippen LogP contribution < -0.4 is 5.32 Å². The van der Waals surface area contributed by atoms with Gasteiger partial charge in [-0.2, -0.15) is 0 Å². The van der Waals surface area contributed by atoms with Crippen molar-refractivity contribution < 1.29 is 24.2 Å². The molecule has 0 bridgehead atoms. The van der Waals surface area contributed by atoms with E-state index in [1.165, 1.54) is 0 Å². The van der Waals surface area contributed by atoms with Crippen molar-refractivity contribution in [2.45, 2.75) is 63.9 Å². The maximum absolute atomic E-state index is 12.0. The fraction of sp³-hybridized carbons (Fsp3) is 0.556. The molecule has 6 nitrogen and oxygen atoms in total. The highest BCUT2D eigenvalue weighted by Crippen LogP contribution is 2.33. The summed E-state index contributed by atoms with van der Waals surface area (Å²) in [5.74, 6) is -1.06. The summed E-state index contributed by atoms with van der Waals surface area (Å²) in [6.07, 6.45) is 0.203. The average Bonchev–Trinajstić information content (AvgIpc) is 2.89. The lowest BCUT2D eigenvalue weighted by Crippen LogP contribution is -2.54. The van der Waals surface area contributed by atoms with Gasteiger partial charge >= 0.3 is 12.1 Å². The Morgan fingerprint density at radius 3 is 2.54 bits per heavy atom. The minimum Gasteiger partial charge on any atom is -0.480 e. The van der Waals surface area contributed by atoms with Crippen LogP contribution >= 0.6 is 0 Å². The maximum atomic E-state index is 12.0. The van der Waals surface area contributed by atoms with E-state index in [1.807, 2.05) is 30.3 Å². The minimum atomic E-state index is -1.33. The van der Waals surface area contributed by atoms with E-state index in [-0.39, 0.29) is 12.5 Å². The molecule has 2 atom stereocenters. The Kier molecular flexibility index (Phi) is 5.49. The lowest BCUT2D eigenvalue weighted by atomic mass is 9.98. The Balaban J connectivity index is 1.94. The van der Waals surface area contributed by atoms with E-state index in [0.29, 0.717) is 19.4 Å². The zero-order chi connectivity index (χ0) is 17.8.